The topological polar surface area (TPSA) is 55.4 Å². The van der Waals surface area contributed by atoms with E-state index >= 15 is 0 Å². The summed E-state index contributed by atoms with van der Waals surface area (Å²) >= 11 is 3.24. The van der Waals surface area contributed by atoms with Crippen LogP contribution in [0.15, 0.2) is 51.8 Å². The Bertz CT molecular complexity index is 732. The second-order valence-corrected chi connectivity index (χ2v) is 6.73. The molecule has 0 amide bonds. The van der Waals surface area contributed by atoms with E-state index in [1.165, 1.54) is 24.3 Å². The fourth-order valence-electron chi connectivity index (χ4n) is 1.67. The van der Waals surface area contributed by atoms with E-state index < -0.39 is 15.8 Å². The summed E-state index contributed by atoms with van der Waals surface area (Å²) in [6.45, 7) is 2.04. The molecule has 0 aromatic heterocycles. The molecular formula is C14H13BrFNO3S. The van der Waals surface area contributed by atoms with Crippen LogP contribution in [0.4, 0.5) is 10.1 Å². The lowest BCUT2D eigenvalue weighted by Crippen LogP contribution is -2.14. The summed E-state index contributed by atoms with van der Waals surface area (Å²) in [5, 5.41) is 0. The first-order valence-corrected chi connectivity index (χ1v) is 8.41. The van der Waals surface area contributed by atoms with Crippen LogP contribution in [0.1, 0.15) is 6.92 Å². The van der Waals surface area contributed by atoms with Gasteiger partial charge in [-0.25, -0.2) is 12.8 Å². The van der Waals surface area contributed by atoms with Crippen molar-refractivity contribution in [3.8, 4) is 5.75 Å². The van der Waals surface area contributed by atoms with E-state index in [2.05, 4.69) is 20.7 Å². The van der Waals surface area contributed by atoms with E-state index in [9.17, 15) is 12.8 Å². The average molecular weight is 374 g/mol. The summed E-state index contributed by atoms with van der Waals surface area (Å²) in [5.41, 5.74) is 0.196. The molecule has 0 saturated carbocycles. The number of benzene rings is 2. The van der Waals surface area contributed by atoms with Gasteiger partial charge in [-0.3, -0.25) is 4.72 Å². The number of ether oxygens (including phenoxy) is 1. The van der Waals surface area contributed by atoms with Crippen molar-refractivity contribution >= 4 is 31.6 Å². The van der Waals surface area contributed by atoms with Gasteiger partial charge in [0.1, 0.15) is 11.6 Å². The van der Waals surface area contributed by atoms with E-state index in [0.717, 1.165) is 10.5 Å². The standard InChI is InChI=1S/C14H13BrFNO3S/c1-2-20-14-9-11(16)5-8-13(14)17-21(18,19)12-6-3-10(15)4-7-12/h3-9,17H,2H2,1H3. The molecule has 0 aliphatic rings. The molecule has 0 saturated heterocycles. The van der Waals surface area contributed by atoms with E-state index in [4.69, 9.17) is 4.74 Å². The molecule has 0 aliphatic carbocycles. The van der Waals surface area contributed by atoms with Gasteiger partial charge in [-0.05, 0) is 43.3 Å². The van der Waals surface area contributed by atoms with Crippen LogP contribution in [-0.2, 0) is 10.0 Å². The molecule has 0 radical (unpaired) electrons. The maximum atomic E-state index is 13.2. The highest BCUT2D eigenvalue weighted by atomic mass is 79.9. The Morgan fingerprint density at radius 3 is 2.48 bits per heavy atom. The zero-order chi connectivity index (χ0) is 15.5. The first kappa shape index (κ1) is 15.8. The van der Waals surface area contributed by atoms with E-state index in [1.807, 2.05) is 0 Å². The van der Waals surface area contributed by atoms with Gasteiger partial charge in [0.25, 0.3) is 10.0 Å². The Morgan fingerprint density at radius 1 is 1.19 bits per heavy atom. The molecule has 2 aromatic carbocycles. The van der Waals surface area contributed by atoms with Gasteiger partial charge < -0.3 is 4.74 Å². The van der Waals surface area contributed by atoms with E-state index in [-0.39, 0.29) is 16.3 Å². The Morgan fingerprint density at radius 2 is 1.86 bits per heavy atom. The molecule has 2 rings (SSSR count). The second-order valence-electron chi connectivity index (χ2n) is 4.13. The van der Waals surface area contributed by atoms with E-state index in [0.29, 0.717) is 6.61 Å². The van der Waals surface area contributed by atoms with Crippen molar-refractivity contribution in [1.82, 2.24) is 0 Å². The van der Waals surface area contributed by atoms with Gasteiger partial charge >= 0.3 is 0 Å². The number of sulfonamides is 1. The smallest absolute Gasteiger partial charge is 0.262 e. The van der Waals surface area contributed by atoms with Gasteiger partial charge in [-0.2, -0.15) is 0 Å². The number of rotatable bonds is 5. The molecule has 2 aromatic rings. The van der Waals surface area contributed by atoms with Crippen LogP contribution < -0.4 is 9.46 Å². The lowest BCUT2D eigenvalue weighted by atomic mass is 10.3. The quantitative estimate of drug-likeness (QED) is 0.867. The number of nitrogens with one attached hydrogen (secondary N) is 1. The third-order valence-corrected chi connectivity index (χ3v) is 4.52. The lowest BCUT2D eigenvalue weighted by molar-refractivity contribution is 0.340. The molecule has 7 heteroatoms. The molecular weight excluding hydrogens is 361 g/mol. The van der Waals surface area contributed by atoms with Crippen molar-refractivity contribution in [3.63, 3.8) is 0 Å². The maximum absolute atomic E-state index is 13.2. The Hall–Kier alpha value is -1.60. The SMILES string of the molecule is CCOc1cc(F)ccc1NS(=O)(=O)c1ccc(Br)cc1. The van der Waals surface area contributed by atoms with Gasteiger partial charge in [0, 0.05) is 10.5 Å². The predicted molar refractivity (Wildman–Crippen MR) is 82.5 cm³/mol. The highest BCUT2D eigenvalue weighted by Crippen LogP contribution is 2.28. The number of halogens is 2. The molecule has 0 fully saturated rings. The summed E-state index contributed by atoms with van der Waals surface area (Å²) in [5.74, 6) is -0.344. The fourth-order valence-corrected chi connectivity index (χ4v) is 3.01. The van der Waals surface area contributed by atoms with Crippen molar-refractivity contribution in [2.75, 3.05) is 11.3 Å². The molecule has 112 valence electrons. The molecule has 0 aliphatic heterocycles. The molecule has 0 bridgehead atoms. The molecule has 21 heavy (non-hydrogen) atoms. The maximum Gasteiger partial charge on any atom is 0.262 e. The molecule has 1 N–H and O–H groups in total. The molecule has 0 heterocycles. The normalized spacial score (nSPS) is 11.2. The Balaban J connectivity index is 2.34. The van der Waals surface area contributed by atoms with Crippen molar-refractivity contribution in [1.29, 1.82) is 0 Å². The van der Waals surface area contributed by atoms with Gasteiger partial charge in [0.15, 0.2) is 0 Å². The summed E-state index contributed by atoms with van der Waals surface area (Å²) in [6.07, 6.45) is 0. The number of hydrogen-bond donors (Lipinski definition) is 1. The van der Waals surface area contributed by atoms with Gasteiger partial charge in [0.2, 0.25) is 0 Å². The largest absolute Gasteiger partial charge is 0.492 e. The van der Waals surface area contributed by atoms with Crippen molar-refractivity contribution in [2.24, 2.45) is 0 Å². The number of anilines is 1. The Labute approximate surface area is 131 Å². The van der Waals surface area contributed by atoms with Crippen LogP contribution >= 0.6 is 15.9 Å². The third kappa shape index (κ3) is 3.95. The third-order valence-electron chi connectivity index (χ3n) is 2.61. The summed E-state index contributed by atoms with van der Waals surface area (Å²) < 4.78 is 46.2. The van der Waals surface area contributed by atoms with Gasteiger partial charge in [-0.1, -0.05) is 15.9 Å². The number of hydrogen-bond acceptors (Lipinski definition) is 3. The first-order chi connectivity index (χ1) is 9.92. The molecule has 0 atom stereocenters. The minimum absolute atomic E-state index is 0.109. The fraction of sp³-hybridized carbons (Fsp3) is 0.143. The lowest BCUT2D eigenvalue weighted by Gasteiger charge is -2.13. The predicted octanol–water partition coefficient (Wildman–Crippen LogP) is 3.79. The van der Waals surface area contributed by atoms with Crippen LogP contribution in [-0.4, -0.2) is 15.0 Å². The Kier molecular flexibility index (Phi) is 4.84. The van der Waals surface area contributed by atoms with Crippen molar-refractivity contribution in [3.05, 3.63) is 52.8 Å². The summed E-state index contributed by atoms with van der Waals surface area (Å²) in [7, 11) is -3.76. The summed E-state index contributed by atoms with van der Waals surface area (Å²) in [4.78, 5) is 0.109. The molecule has 0 unspecified atom stereocenters. The first-order valence-electron chi connectivity index (χ1n) is 6.13. The van der Waals surface area contributed by atoms with Crippen molar-refractivity contribution in [2.45, 2.75) is 11.8 Å². The molecule has 0 spiro atoms. The van der Waals surface area contributed by atoms with Gasteiger partial charge in [0.05, 0.1) is 17.2 Å². The molecule has 4 nitrogen and oxygen atoms in total. The highest BCUT2D eigenvalue weighted by molar-refractivity contribution is 9.10. The van der Waals surface area contributed by atoms with Crippen molar-refractivity contribution < 1.29 is 17.5 Å². The zero-order valence-electron chi connectivity index (χ0n) is 11.1. The van der Waals surface area contributed by atoms with Crippen LogP contribution in [0.2, 0.25) is 0 Å². The summed E-state index contributed by atoms with van der Waals surface area (Å²) in [6, 6.07) is 9.83. The minimum Gasteiger partial charge on any atom is -0.492 e. The highest BCUT2D eigenvalue weighted by Gasteiger charge is 2.17. The van der Waals surface area contributed by atoms with Crippen LogP contribution in [0.3, 0.4) is 0 Å². The average Bonchev–Trinajstić information content (AvgIpc) is 2.42. The van der Waals surface area contributed by atoms with Crippen LogP contribution in [0.25, 0.3) is 0 Å². The van der Waals surface area contributed by atoms with E-state index in [1.54, 1.807) is 19.1 Å². The van der Waals surface area contributed by atoms with Crippen LogP contribution in [0.5, 0.6) is 5.75 Å². The zero-order valence-corrected chi connectivity index (χ0v) is 13.5. The van der Waals surface area contributed by atoms with Crippen LogP contribution in [0, 0.1) is 5.82 Å². The monoisotopic (exact) mass is 373 g/mol. The second kappa shape index (κ2) is 6.44. The minimum atomic E-state index is -3.76. The van der Waals surface area contributed by atoms with Gasteiger partial charge in [-0.15, -0.1) is 0 Å².